The Balaban J connectivity index is 1.67. The van der Waals surface area contributed by atoms with Crippen LogP contribution in [-0.4, -0.2) is 21.3 Å². The topological polar surface area (TPSA) is 42.7 Å². The summed E-state index contributed by atoms with van der Waals surface area (Å²) < 4.78 is 2.35. The molecule has 5 heteroatoms. The molecule has 110 valence electrons. The molecule has 0 radical (unpaired) electrons. The Labute approximate surface area is 129 Å². The van der Waals surface area contributed by atoms with Gasteiger partial charge in [0.2, 0.25) is 0 Å². The fourth-order valence-electron chi connectivity index (χ4n) is 3.31. The number of fused-ring (bicyclic) bond motifs is 2. The van der Waals surface area contributed by atoms with Crippen LogP contribution in [0.1, 0.15) is 42.4 Å². The first-order valence-electron chi connectivity index (χ1n) is 7.65. The molecular formula is C16H20N4S. The lowest BCUT2D eigenvalue weighted by atomic mass is 10.0. The SMILES string of the molecule is CC(C)C1NCCn2c(C3Cc4ccccc4S3)nnc21. The zero-order valence-electron chi connectivity index (χ0n) is 12.4. The number of rotatable bonds is 2. The molecule has 3 heterocycles. The van der Waals surface area contributed by atoms with E-state index < -0.39 is 0 Å². The van der Waals surface area contributed by atoms with Gasteiger partial charge in [0.25, 0.3) is 0 Å². The van der Waals surface area contributed by atoms with Crippen molar-refractivity contribution in [2.24, 2.45) is 5.92 Å². The molecule has 2 unspecified atom stereocenters. The molecule has 0 aliphatic carbocycles. The van der Waals surface area contributed by atoms with E-state index in [0.29, 0.717) is 17.2 Å². The fourth-order valence-corrected chi connectivity index (χ4v) is 4.62. The van der Waals surface area contributed by atoms with Crippen molar-refractivity contribution in [1.29, 1.82) is 0 Å². The van der Waals surface area contributed by atoms with Gasteiger partial charge in [-0.2, -0.15) is 0 Å². The number of aromatic nitrogens is 3. The molecule has 0 saturated heterocycles. The van der Waals surface area contributed by atoms with Crippen LogP contribution in [0.3, 0.4) is 0 Å². The predicted molar refractivity (Wildman–Crippen MR) is 84.3 cm³/mol. The minimum atomic E-state index is 0.328. The smallest absolute Gasteiger partial charge is 0.150 e. The summed E-state index contributed by atoms with van der Waals surface area (Å²) in [6, 6.07) is 9.01. The summed E-state index contributed by atoms with van der Waals surface area (Å²) in [5.41, 5.74) is 1.44. The maximum atomic E-state index is 4.55. The summed E-state index contributed by atoms with van der Waals surface area (Å²) in [4.78, 5) is 1.40. The predicted octanol–water partition coefficient (Wildman–Crippen LogP) is 2.97. The van der Waals surface area contributed by atoms with Gasteiger partial charge in [-0.25, -0.2) is 0 Å². The third-order valence-corrected chi connectivity index (χ3v) is 5.70. The highest BCUT2D eigenvalue weighted by molar-refractivity contribution is 7.99. The van der Waals surface area contributed by atoms with Gasteiger partial charge in [0.1, 0.15) is 5.82 Å². The van der Waals surface area contributed by atoms with E-state index in [1.54, 1.807) is 0 Å². The maximum absolute atomic E-state index is 4.55. The molecule has 0 amide bonds. The Morgan fingerprint density at radius 3 is 2.86 bits per heavy atom. The Bertz CT molecular complexity index is 639. The van der Waals surface area contributed by atoms with Crippen molar-refractivity contribution in [1.82, 2.24) is 20.1 Å². The summed E-state index contributed by atoms with van der Waals surface area (Å²) >= 11 is 1.93. The van der Waals surface area contributed by atoms with Gasteiger partial charge < -0.3 is 9.88 Å². The van der Waals surface area contributed by atoms with Gasteiger partial charge in [-0.15, -0.1) is 22.0 Å². The van der Waals surface area contributed by atoms with Crippen LogP contribution >= 0.6 is 11.8 Å². The molecule has 2 aliphatic rings. The minimum absolute atomic E-state index is 0.328. The molecule has 0 saturated carbocycles. The molecule has 1 aromatic heterocycles. The van der Waals surface area contributed by atoms with E-state index >= 15 is 0 Å². The monoisotopic (exact) mass is 300 g/mol. The van der Waals surface area contributed by atoms with Gasteiger partial charge in [-0.1, -0.05) is 32.0 Å². The molecule has 21 heavy (non-hydrogen) atoms. The van der Waals surface area contributed by atoms with Crippen LogP contribution in [-0.2, 0) is 13.0 Å². The van der Waals surface area contributed by atoms with Crippen molar-refractivity contribution in [2.75, 3.05) is 6.54 Å². The molecule has 4 nitrogen and oxygen atoms in total. The molecule has 0 fully saturated rings. The van der Waals surface area contributed by atoms with Crippen molar-refractivity contribution in [2.45, 2.75) is 43.0 Å². The van der Waals surface area contributed by atoms with Gasteiger partial charge in [-0.05, 0) is 24.0 Å². The van der Waals surface area contributed by atoms with Gasteiger partial charge >= 0.3 is 0 Å². The first-order valence-corrected chi connectivity index (χ1v) is 8.53. The van der Waals surface area contributed by atoms with Crippen LogP contribution in [0, 0.1) is 5.92 Å². The standard InChI is InChI=1S/C16H20N4S/c1-10(2)14-16-19-18-15(20(16)8-7-17-14)13-9-11-5-3-4-6-12(11)21-13/h3-6,10,13-14,17H,7-9H2,1-2H3. The van der Waals surface area contributed by atoms with Crippen LogP contribution in [0.2, 0.25) is 0 Å². The summed E-state index contributed by atoms with van der Waals surface area (Å²) in [5, 5.41) is 13.0. The van der Waals surface area contributed by atoms with Crippen molar-refractivity contribution in [3.8, 4) is 0 Å². The van der Waals surface area contributed by atoms with Gasteiger partial charge in [0.15, 0.2) is 5.82 Å². The van der Waals surface area contributed by atoms with Crippen LogP contribution in [0.5, 0.6) is 0 Å². The second-order valence-electron chi connectivity index (χ2n) is 6.16. The molecule has 2 aromatic rings. The first-order chi connectivity index (χ1) is 10.2. The maximum Gasteiger partial charge on any atom is 0.150 e. The molecule has 4 rings (SSSR count). The lowest BCUT2D eigenvalue weighted by Crippen LogP contribution is -2.37. The van der Waals surface area contributed by atoms with E-state index in [-0.39, 0.29) is 0 Å². The Kier molecular flexibility index (Phi) is 3.27. The Morgan fingerprint density at radius 1 is 1.24 bits per heavy atom. The molecular weight excluding hydrogens is 280 g/mol. The van der Waals surface area contributed by atoms with E-state index in [4.69, 9.17) is 0 Å². The normalized spacial score (nSPS) is 24.1. The Hall–Kier alpha value is -1.33. The number of thioether (sulfide) groups is 1. The van der Waals surface area contributed by atoms with Gasteiger partial charge in [0, 0.05) is 18.0 Å². The highest BCUT2D eigenvalue weighted by Crippen LogP contribution is 2.46. The Morgan fingerprint density at radius 2 is 2.05 bits per heavy atom. The summed E-state index contributed by atoms with van der Waals surface area (Å²) in [6.45, 7) is 6.46. The van der Waals surface area contributed by atoms with Crippen molar-refractivity contribution in [3.05, 3.63) is 41.5 Å². The molecule has 1 N–H and O–H groups in total. The highest BCUT2D eigenvalue weighted by atomic mass is 32.2. The molecule has 2 atom stereocenters. The van der Waals surface area contributed by atoms with E-state index in [2.05, 4.69) is 58.2 Å². The summed E-state index contributed by atoms with van der Waals surface area (Å²) in [6.07, 6.45) is 1.07. The average molecular weight is 300 g/mol. The van der Waals surface area contributed by atoms with Crippen LogP contribution in [0.25, 0.3) is 0 Å². The number of hydrogen-bond acceptors (Lipinski definition) is 4. The van der Waals surface area contributed by atoms with E-state index in [9.17, 15) is 0 Å². The van der Waals surface area contributed by atoms with E-state index in [1.807, 2.05) is 11.8 Å². The zero-order valence-corrected chi connectivity index (χ0v) is 13.2. The average Bonchev–Trinajstić information content (AvgIpc) is 3.09. The molecule has 0 spiro atoms. The quantitative estimate of drug-likeness (QED) is 0.926. The number of nitrogens with zero attached hydrogens (tertiary/aromatic N) is 3. The minimum Gasteiger partial charge on any atom is -0.311 e. The lowest BCUT2D eigenvalue weighted by molar-refractivity contribution is 0.335. The molecule has 1 aromatic carbocycles. The van der Waals surface area contributed by atoms with Crippen molar-refractivity contribution in [3.63, 3.8) is 0 Å². The van der Waals surface area contributed by atoms with Crippen molar-refractivity contribution >= 4 is 11.8 Å². The number of hydrogen-bond donors (Lipinski definition) is 1. The third kappa shape index (κ3) is 2.19. The van der Waals surface area contributed by atoms with Crippen LogP contribution in [0.15, 0.2) is 29.2 Å². The number of nitrogens with one attached hydrogen (secondary N) is 1. The van der Waals surface area contributed by atoms with Crippen LogP contribution in [0.4, 0.5) is 0 Å². The first kappa shape index (κ1) is 13.3. The second kappa shape index (κ2) is 5.14. The highest BCUT2D eigenvalue weighted by Gasteiger charge is 2.32. The van der Waals surface area contributed by atoms with Gasteiger partial charge in [0.05, 0.1) is 11.3 Å². The lowest BCUT2D eigenvalue weighted by Gasteiger charge is -2.28. The van der Waals surface area contributed by atoms with E-state index in [1.165, 1.54) is 10.5 Å². The second-order valence-corrected chi connectivity index (χ2v) is 7.41. The molecule has 2 aliphatic heterocycles. The van der Waals surface area contributed by atoms with Crippen molar-refractivity contribution < 1.29 is 0 Å². The van der Waals surface area contributed by atoms with Gasteiger partial charge in [-0.3, -0.25) is 0 Å². The summed E-state index contributed by atoms with van der Waals surface area (Å²) in [5.74, 6) is 2.80. The largest absolute Gasteiger partial charge is 0.311 e. The zero-order chi connectivity index (χ0) is 14.4. The van der Waals surface area contributed by atoms with Crippen LogP contribution < -0.4 is 5.32 Å². The fraction of sp³-hybridized carbons (Fsp3) is 0.500. The number of benzene rings is 1. The third-order valence-electron chi connectivity index (χ3n) is 4.39. The van der Waals surface area contributed by atoms with E-state index in [0.717, 1.165) is 31.2 Å². The molecule has 0 bridgehead atoms. The summed E-state index contributed by atoms with van der Waals surface area (Å²) in [7, 11) is 0.